The molecule has 3 rings (SSSR count). The van der Waals surface area contributed by atoms with E-state index in [9.17, 15) is 19.5 Å². The number of nitrogens with zero attached hydrogens (tertiary/aromatic N) is 1. The summed E-state index contributed by atoms with van der Waals surface area (Å²) in [5.41, 5.74) is 2.12. The molecule has 0 saturated heterocycles. The first kappa shape index (κ1) is 20.2. The summed E-state index contributed by atoms with van der Waals surface area (Å²) >= 11 is 0. The lowest BCUT2D eigenvalue weighted by Gasteiger charge is -2.34. The molecule has 0 fully saturated rings. The minimum Gasteiger partial charge on any atom is -0.493 e. The summed E-state index contributed by atoms with van der Waals surface area (Å²) < 4.78 is 10.3. The van der Waals surface area contributed by atoms with Crippen molar-refractivity contribution in [1.82, 2.24) is 10.2 Å². The van der Waals surface area contributed by atoms with Gasteiger partial charge in [-0.15, -0.1) is 0 Å². The molecule has 0 spiro atoms. The van der Waals surface area contributed by atoms with Gasteiger partial charge in [-0.2, -0.15) is 0 Å². The summed E-state index contributed by atoms with van der Waals surface area (Å²) in [6, 6.07) is 11.1. The summed E-state index contributed by atoms with van der Waals surface area (Å²) in [6.45, 7) is -0.114. The van der Waals surface area contributed by atoms with Crippen LogP contribution in [0.2, 0.25) is 0 Å². The molecule has 1 unspecified atom stereocenters. The second-order valence-corrected chi connectivity index (χ2v) is 6.60. The number of carboxylic acids is 1. The second kappa shape index (κ2) is 8.64. The van der Waals surface area contributed by atoms with Gasteiger partial charge in [-0.3, -0.25) is 9.59 Å². The van der Waals surface area contributed by atoms with Crippen molar-refractivity contribution in [3.05, 3.63) is 59.2 Å². The molecule has 2 N–H and O–H groups in total. The van der Waals surface area contributed by atoms with Crippen LogP contribution in [0.15, 0.2) is 42.5 Å². The molecule has 2 aromatic carbocycles. The Bertz CT molecular complexity index is 943. The van der Waals surface area contributed by atoms with Gasteiger partial charge in [-0.05, 0) is 29.3 Å². The fraction of sp³-hybridized carbons (Fsp3) is 0.286. The molecule has 8 nitrogen and oxygen atoms in total. The molecular weight excluding hydrogens is 376 g/mol. The van der Waals surface area contributed by atoms with Crippen LogP contribution in [0, 0.1) is 0 Å². The van der Waals surface area contributed by atoms with E-state index in [1.807, 2.05) is 24.3 Å². The van der Waals surface area contributed by atoms with Crippen LogP contribution in [0.5, 0.6) is 11.5 Å². The topological polar surface area (TPSA) is 105 Å². The van der Waals surface area contributed by atoms with Gasteiger partial charge in [0.1, 0.15) is 6.04 Å². The van der Waals surface area contributed by atoms with E-state index in [-0.39, 0.29) is 19.5 Å². The number of carbonyl (C=O) groups is 3. The standard InChI is InChI=1S/C21H22N2O6/c1-28-17-8-7-14(10-18(17)29-2)20(25)22-11-19(24)23-12-15-6-4-3-5-13(15)9-16(23)21(26)27/h3-8,10,16H,9,11-12H2,1-2H3,(H,22,25)(H,26,27). The van der Waals surface area contributed by atoms with Crippen molar-refractivity contribution < 1.29 is 29.0 Å². The zero-order valence-electron chi connectivity index (χ0n) is 16.2. The van der Waals surface area contributed by atoms with Crippen molar-refractivity contribution in [3.8, 4) is 11.5 Å². The summed E-state index contributed by atoms with van der Waals surface area (Å²) in [6.07, 6.45) is 0.237. The normalized spacial score (nSPS) is 15.2. The smallest absolute Gasteiger partial charge is 0.326 e. The fourth-order valence-electron chi connectivity index (χ4n) is 3.34. The highest BCUT2D eigenvalue weighted by Crippen LogP contribution is 2.27. The van der Waals surface area contributed by atoms with Crippen molar-refractivity contribution in [3.63, 3.8) is 0 Å². The first-order chi connectivity index (χ1) is 13.9. The first-order valence-corrected chi connectivity index (χ1v) is 9.04. The largest absolute Gasteiger partial charge is 0.493 e. The number of hydrogen-bond donors (Lipinski definition) is 2. The number of aliphatic carboxylic acids is 1. The number of carboxylic acid groups (broad SMARTS) is 1. The van der Waals surface area contributed by atoms with Crippen LogP contribution in [0.25, 0.3) is 0 Å². The zero-order chi connectivity index (χ0) is 21.0. The van der Waals surface area contributed by atoms with E-state index in [1.165, 1.54) is 25.2 Å². The lowest BCUT2D eigenvalue weighted by molar-refractivity contribution is -0.150. The predicted octanol–water partition coefficient (Wildman–Crippen LogP) is 1.47. The number of methoxy groups -OCH3 is 2. The summed E-state index contributed by atoms with van der Waals surface area (Å²) in [5.74, 6) is -1.12. The van der Waals surface area contributed by atoms with Crippen molar-refractivity contribution in [1.29, 1.82) is 0 Å². The molecular formula is C21H22N2O6. The molecule has 152 valence electrons. The molecule has 1 aliphatic rings. The monoisotopic (exact) mass is 398 g/mol. The average Bonchev–Trinajstić information content (AvgIpc) is 2.75. The van der Waals surface area contributed by atoms with Crippen LogP contribution in [-0.2, 0) is 22.6 Å². The van der Waals surface area contributed by atoms with Crippen LogP contribution >= 0.6 is 0 Å². The van der Waals surface area contributed by atoms with Crippen LogP contribution in [-0.4, -0.2) is 54.6 Å². The summed E-state index contributed by atoms with van der Waals surface area (Å²) in [4.78, 5) is 38.1. The number of benzene rings is 2. The Hall–Kier alpha value is -3.55. The van der Waals surface area contributed by atoms with Crippen molar-refractivity contribution in [2.75, 3.05) is 20.8 Å². The third-order valence-electron chi connectivity index (χ3n) is 4.90. The number of hydrogen-bond acceptors (Lipinski definition) is 5. The Kier molecular flexibility index (Phi) is 6.01. The predicted molar refractivity (Wildman–Crippen MR) is 104 cm³/mol. The van der Waals surface area contributed by atoms with Crippen LogP contribution < -0.4 is 14.8 Å². The van der Waals surface area contributed by atoms with Gasteiger partial charge in [0.25, 0.3) is 5.91 Å². The second-order valence-electron chi connectivity index (χ2n) is 6.60. The number of rotatable bonds is 6. The van der Waals surface area contributed by atoms with E-state index in [2.05, 4.69) is 5.32 Å². The third kappa shape index (κ3) is 4.31. The lowest BCUT2D eigenvalue weighted by Crippen LogP contribution is -2.51. The van der Waals surface area contributed by atoms with Crippen LogP contribution in [0.4, 0.5) is 0 Å². The van der Waals surface area contributed by atoms with Gasteiger partial charge in [-0.25, -0.2) is 4.79 Å². The van der Waals surface area contributed by atoms with Gasteiger partial charge >= 0.3 is 5.97 Å². The summed E-state index contributed by atoms with van der Waals surface area (Å²) in [7, 11) is 2.95. The van der Waals surface area contributed by atoms with Crippen molar-refractivity contribution >= 4 is 17.8 Å². The number of fused-ring (bicyclic) bond motifs is 1. The molecule has 1 aliphatic heterocycles. The molecule has 0 aromatic heterocycles. The summed E-state index contributed by atoms with van der Waals surface area (Å²) in [5, 5.41) is 12.1. The third-order valence-corrected chi connectivity index (χ3v) is 4.90. The molecule has 0 aliphatic carbocycles. The number of nitrogens with one attached hydrogen (secondary N) is 1. The van der Waals surface area contributed by atoms with Crippen molar-refractivity contribution in [2.45, 2.75) is 19.0 Å². The van der Waals surface area contributed by atoms with E-state index in [0.717, 1.165) is 11.1 Å². The average molecular weight is 398 g/mol. The highest BCUT2D eigenvalue weighted by molar-refractivity contribution is 5.97. The van der Waals surface area contributed by atoms with E-state index in [1.54, 1.807) is 12.1 Å². The lowest BCUT2D eigenvalue weighted by atomic mass is 9.94. The van der Waals surface area contributed by atoms with Gasteiger partial charge in [0.05, 0.1) is 20.8 Å². The molecule has 1 heterocycles. The minimum absolute atomic E-state index is 0.193. The number of amides is 2. The Morgan fingerprint density at radius 1 is 1.07 bits per heavy atom. The maximum absolute atomic E-state index is 12.7. The molecule has 0 radical (unpaired) electrons. The molecule has 0 saturated carbocycles. The Balaban J connectivity index is 1.69. The van der Waals surface area contributed by atoms with Gasteiger partial charge in [-0.1, -0.05) is 24.3 Å². The molecule has 0 bridgehead atoms. The van der Waals surface area contributed by atoms with E-state index < -0.39 is 23.8 Å². The minimum atomic E-state index is -1.07. The highest BCUT2D eigenvalue weighted by atomic mass is 16.5. The highest BCUT2D eigenvalue weighted by Gasteiger charge is 2.34. The van der Waals surface area contributed by atoms with E-state index >= 15 is 0 Å². The quantitative estimate of drug-likeness (QED) is 0.764. The fourth-order valence-corrected chi connectivity index (χ4v) is 3.34. The van der Waals surface area contributed by atoms with Gasteiger partial charge in [0.15, 0.2) is 11.5 Å². The SMILES string of the molecule is COc1ccc(C(=O)NCC(=O)N2Cc3ccccc3CC2C(=O)O)cc1OC. The van der Waals surface area contributed by atoms with Crippen LogP contribution in [0.1, 0.15) is 21.5 Å². The van der Waals surface area contributed by atoms with E-state index in [0.29, 0.717) is 17.1 Å². The molecule has 1 atom stereocenters. The molecule has 8 heteroatoms. The Morgan fingerprint density at radius 2 is 1.76 bits per heavy atom. The first-order valence-electron chi connectivity index (χ1n) is 9.04. The molecule has 2 amide bonds. The number of ether oxygens (including phenoxy) is 2. The van der Waals surface area contributed by atoms with E-state index in [4.69, 9.17) is 9.47 Å². The van der Waals surface area contributed by atoms with Gasteiger partial charge < -0.3 is 24.8 Å². The molecule has 2 aromatic rings. The number of carbonyl (C=O) groups excluding carboxylic acids is 2. The van der Waals surface area contributed by atoms with Gasteiger partial charge in [0.2, 0.25) is 5.91 Å². The zero-order valence-corrected chi connectivity index (χ0v) is 16.2. The van der Waals surface area contributed by atoms with Gasteiger partial charge in [0, 0.05) is 18.5 Å². The van der Waals surface area contributed by atoms with Crippen LogP contribution in [0.3, 0.4) is 0 Å². The maximum atomic E-state index is 12.7. The van der Waals surface area contributed by atoms with Crippen molar-refractivity contribution in [2.24, 2.45) is 0 Å². The molecule has 29 heavy (non-hydrogen) atoms. The Morgan fingerprint density at radius 3 is 2.41 bits per heavy atom. The Labute approximate surface area is 168 Å². The maximum Gasteiger partial charge on any atom is 0.326 e.